The molecule has 11 heteroatoms. The van der Waals surface area contributed by atoms with Crippen LogP contribution in [0.1, 0.15) is 54.6 Å². The Balaban J connectivity index is 1.46. The summed E-state index contributed by atoms with van der Waals surface area (Å²) in [6, 6.07) is 12.8. The molecular weight excluding hydrogens is 550 g/mol. The van der Waals surface area contributed by atoms with Crippen LogP contribution >= 0.6 is 0 Å². The van der Waals surface area contributed by atoms with Crippen molar-refractivity contribution >= 4 is 23.6 Å². The molecule has 1 fully saturated rings. The van der Waals surface area contributed by atoms with Gasteiger partial charge < -0.3 is 30.7 Å². The van der Waals surface area contributed by atoms with Crippen LogP contribution in [0.3, 0.4) is 0 Å². The molecule has 4 rings (SSSR count). The highest BCUT2D eigenvalue weighted by Gasteiger charge is 2.28. The number of hydrogen-bond acceptors (Lipinski definition) is 7. The van der Waals surface area contributed by atoms with Crippen LogP contribution in [0.5, 0.6) is 5.75 Å². The van der Waals surface area contributed by atoms with Crippen molar-refractivity contribution in [2.24, 2.45) is 5.92 Å². The molecule has 232 valence electrons. The predicted octanol–water partition coefficient (Wildman–Crippen LogP) is 1.75. The van der Waals surface area contributed by atoms with Gasteiger partial charge >= 0.3 is 0 Å². The van der Waals surface area contributed by atoms with Gasteiger partial charge in [0.25, 0.3) is 5.91 Å². The lowest BCUT2D eigenvalue weighted by molar-refractivity contribution is -0.131. The molecule has 2 aromatic rings. The lowest BCUT2D eigenvalue weighted by Crippen LogP contribution is -2.52. The fourth-order valence-corrected chi connectivity index (χ4v) is 5.05. The maximum absolute atomic E-state index is 13.4. The molecular formula is C32H43N5O6. The second-order valence-electron chi connectivity index (χ2n) is 11.4. The second kappa shape index (κ2) is 16.0. The molecule has 0 spiro atoms. The summed E-state index contributed by atoms with van der Waals surface area (Å²) < 4.78 is 11.3. The normalized spacial score (nSPS) is 20.9. The summed E-state index contributed by atoms with van der Waals surface area (Å²) in [7, 11) is 0. The zero-order valence-corrected chi connectivity index (χ0v) is 25.0. The lowest BCUT2D eigenvalue weighted by atomic mass is 10.0. The van der Waals surface area contributed by atoms with E-state index in [0.29, 0.717) is 25.1 Å². The highest BCUT2D eigenvalue weighted by Crippen LogP contribution is 2.19. The first-order chi connectivity index (χ1) is 20.8. The molecule has 0 aromatic heterocycles. The minimum atomic E-state index is -1.17. The first kappa shape index (κ1) is 32.0. The molecule has 2 aliphatic rings. The molecule has 0 radical (unpaired) electrons. The number of nitrogens with one attached hydrogen (secondary N) is 4. The largest absolute Gasteiger partial charge is 0.493 e. The van der Waals surface area contributed by atoms with E-state index >= 15 is 0 Å². The van der Waals surface area contributed by atoms with E-state index in [2.05, 4.69) is 26.2 Å². The van der Waals surface area contributed by atoms with E-state index in [-0.39, 0.29) is 37.0 Å². The van der Waals surface area contributed by atoms with E-state index in [4.69, 9.17) is 9.47 Å². The molecule has 0 bridgehead atoms. The van der Waals surface area contributed by atoms with Crippen molar-refractivity contribution in [2.75, 3.05) is 39.5 Å². The third-order valence-corrected chi connectivity index (χ3v) is 7.38. The summed E-state index contributed by atoms with van der Waals surface area (Å²) in [5.74, 6) is -1.32. The molecule has 43 heavy (non-hydrogen) atoms. The molecule has 2 heterocycles. The Morgan fingerprint density at radius 1 is 0.977 bits per heavy atom. The Bertz CT molecular complexity index is 1250. The number of morpholine rings is 1. The van der Waals surface area contributed by atoms with E-state index in [1.807, 2.05) is 38.1 Å². The number of benzene rings is 2. The molecule has 0 unspecified atom stereocenters. The lowest BCUT2D eigenvalue weighted by Gasteiger charge is -2.26. The van der Waals surface area contributed by atoms with Crippen LogP contribution in [0.4, 0.5) is 0 Å². The zero-order valence-electron chi connectivity index (χ0n) is 25.0. The SMILES string of the molecule is CC(C)C[C@@H]1NC(=O)C[C@@H](C(=O)NCc2ccc(CN3CCOCC3)cc2)NC(=O)c2ccccc2OCCCNC1=O. The number of ether oxygens (including phenoxy) is 2. The molecule has 0 aliphatic carbocycles. The maximum Gasteiger partial charge on any atom is 0.255 e. The fraction of sp³-hybridized carbons (Fsp3) is 0.500. The summed E-state index contributed by atoms with van der Waals surface area (Å²) in [6.45, 7) is 8.90. The highest BCUT2D eigenvalue weighted by molar-refractivity contribution is 6.01. The third-order valence-electron chi connectivity index (χ3n) is 7.38. The number of hydrogen-bond donors (Lipinski definition) is 4. The first-order valence-corrected chi connectivity index (χ1v) is 15.0. The minimum absolute atomic E-state index is 0.148. The van der Waals surface area contributed by atoms with Crippen molar-refractivity contribution in [3.8, 4) is 5.75 Å². The highest BCUT2D eigenvalue weighted by atomic mass is 16.5. The number of fused-ring (bicyclic) bond motifs is 1. The van der Waals surface area contributed by atoms with Crippen molar-refractivity contribution in [1.29, 1.82) is 0 Å². The van der Waals surface area contributed by atoms with Crippen LogP contribution in [0.25, 0.3) is 0 Å². The summed E-state index contributed by atoms with van der Waals surface area (Å²) in [4.78, 5) is 55.1. The predicted molar refractivity (Wildman–Crippen MR) is 161 cm³/mol. The van der Waals surface area contributed by atoms with Crippen molar-refractivity contribution in [3.05, 3.63) is 65.2 Å². The summed E-state index contributed by atoms with van der Waals surface area (Å²) >= 11 is 0. The van der Waals surface area contributed by atoms with Crippen molar-refractivity contribution < 1.29 is 28.7 Å². The fourth-order valence-electron chi connectivity index (χ4n) is 5.05. The van der Waals surface area contributed by atoms with Crippen LogP contribution in [0, 0.1) is 5.92 Å². The average molecular weight is 594 g/mol. The number of carbonyl (C=O) groups excluding carboxylic acids is 4. The zero-order chi connectivity index (χ0) is 30.6. The van der Waals surface area contributed by atoms with Gasteiger partial charge in [-0.1, -0.05) is 50.2 Å². The number of nitrogens with zero attached hydrogens (tertiary/aromatic N) is 1. The van der Waals surface area contributed by atoms with Gasteiger partial charge in [0.2, 0.25) is 17.7 Å². The molecule has 11 nitrogen and oxygen atoms in total. The van der Waals surface area contributed by atoms with Crippen LogP contribution in [-0.4, -0.2) is 80.1 Å². The van der Waals surface area contributed by atoms with E-state index in [1.165, 1.54) is 5.56 Å². The molecule has 1 saturated heterocycles. The van der Waals surface area contributed by atoms with Crippen molar-refractivity contribution in [3.63, 3.8) is 0 Å². The van der Waals surface area contributed by atoms with Crippen molar-refractivity contribution in [2.45, 2.75) is 58.3 Å². The second-order valence-corrected chi connectivity index (χ2v) is 11.4. The molecule has 2 aliphatic heterocycles. The Hall–Kier alpha value is -3.96. The summed E-state index contributed by atoms with van der Waals surface area (Å²) in [5.41, 5.74) is 2.32. The Kier molecular flexibility index (Phi) is 11.9. The van der Waals surface area contributed by atoms with Crippen molar-refractivity contribution in [1.82, 2.24) is 26.2 Å². The molecule has 4 amide bonds. The number of amides is 4. The van der Waals surface area contributed by atoms with Crippen LogP contribution in [-0.2, 0) is 32.2 Å². The molecule has 4 N–H and O–H groups in total. The van der Waals surface area contributed by atoms with E-state index in [9.17, 15) is 19.2 Å². The minimum Gasteiger partial charge on any atom is -0.493 e. The molecule has 0 saturated carbocycles. The smallest absolute Gasteiger partial charge is 0.255 e. The first-order valence-electron chi connectivity index (χ1n) is 15.0. The quantitative estimate of drug-likeness (QED) is 0.384. The van der Waals surface area contributed by atoms with Crippen LogP contribution < -0.4 is 26.0 Å². The van der Waals surface area contributed by atoms with Gasteiger partial charge in [-0.2, -0.15) is 0 Å². The number of para-hydroxylation sites is 1. The topological polar surface area (TPSA) is 138 Å². The van der Waals surface area contributed by atoms with Crippen LogP contribution in [0.2, 0.25) is 0 Å². The van der Waals surface area contributed by atoms with Gasteiger partial charge in [0, 0.05) is 32.7 Å². The number of rotatable bonds is 7. The van der Waals surface area contributed by atoms with E-state index < -0.39 is 29.8 Å². The summed E-state index contributed by atoms with van der Waals surface area (Å²) in [5, 5.41) is 11.2. The van der Waals surface area contributed by atoms with Gasteiger partial charge in [-0.05, 0) is 42.0 Å². The number of carbonyl (C=O) groups is 4. The van der Waals surface area contributed by atoms with Gasteiger partial charge in [-0.15, -0.1) is 0 Å². The van der Waals surface area contributed by atoms with E-state index in [0.717, 1.165) is 38.4 Å². The summed E-state index contributed by atoms with van der Waals surface area (Å²) in [6.07, 6.45) is 0.620. The van der Waals surface area contributed by atoms with Gasteiger partial charge in [0.15, 0.2) is 0 Å². The third kappa shape index (κ3) is 10.1. The standard InChI is InChI=1S/C32H43N5O6/c1-22(2)18-26-31(40)33-12-5-15-43-28-7-4-3-6-25(28)30(39)36-27(19-29(38)35-26)32(41)34-20-23-8-10-24(11-9-23)21-37-13-16-42-17-14-37/h3-4,6-11,22,26-27H,5,12-21H2,1-2H3,(H,33,40)(H,34,41)(H,35,38)(H,36,39)/t26-,27-/m0/s1. The molecule has 2 aromatic carbocycles. The molecule has 2 atom stereocenters. The van der Waals surface area contributed by atoms with Crippen LogP contribution in [0.15, 0.2) is 48.5 Å². The van der Waals surface area contributed by atoms with Gasteiger partial charge in [0.1, 0.15) is 17.8 Å². The Labute approximate surface area is 253 Å². The Morgan fingerprint density at radius 3 is 2.44 bits per heavy atom. The van der Waals surface area contributed by atoms with E-state index in [1.54, 1.807) is 24.3 Å². The van der Waals surface area contributed by atoms with Gasteiger partial charge in [-0.3, -0.25) is 24.1 Å². The Morgan fingerprint density at radius 2 is 1.70 bits per heavy atom. The maximum atomic E-state index is 13.4. The van der Waals surface area contributed by atoms with Gasteiger partial charge in [0.05, 0.1) is 31.8 Å². The van der Waals surface area contributed by atoms with Gasteiger partial charge in [-0.25, -0.2) is 0 Å². The average Bonchev–Trinajstić information content (AvgIpc) is 3.00. The monoisotopic (exact) mass is 593 g/mol.